The van der Waals surface area contributed by atoms with E-state index in [2.05, 4.69) is 20.8 Å². The third kappa shape index (κ3) is 8.81. The van der Waals surface area contributed by atoms with Crippen LogP contribution < -0.4 is 16.4 Å². The predicted octanol–water partition coefficient (Wildman–Crippen LogP) is 2.74. The van der Waals surface area contributed by atoms with Crippen molar-refractivity contribution in [3.8, 4) is 0 Å². The standard InChI is InChI=1S/C25H34N6O5.CH4/c1-25(2,26)23(32)28-20(17-35-15-18-9-5-4-6-10-18)22-30-29-21-12-7-11-19(31(21)22)16-36-24(33)27-13-8-14-34-3;/h4-7,9-12,20H,8,13-17,26H2,1-3H3,(H,27,33)(H,28,32);1H4/t20-;/m1./s1. The van der Waals surface area contributed by atoms with E-state index >= 15 is 0 Å². The number of nitrogens with zero attached hydrogens (tertiary/aromatic N) is 3. The molecule has 0 aliphatic heterocycles. The molecule has 3 rings (SSSR count). The zero-order valence-corrected chi connectivity index (χ0v) is 20.9. The molecular weight excluding hydrogens is 476 g/mol. The van der Waals surface area contributed by atoms with Crippen LogP contribution in [0.15, 0.2) is 48.5 Å². The molecule has 0 aliphatic rings. The molecule has 2 amide bonds. The van der Waals surface area contributed by atoms with Crippen LogP contribution in [0.1, 0.15) is 50.8 Å². The number of hydrogen-bond donors (Lipinski definition) is 3. The van der Waals surface area contributed by atoms with Crippen LogP contribution in [0, 0.1) is 0 Å². The third-order valence-corrected chi connectivity index (χ3v) is 5.28. The number of aromatic nitrogens is 3. The van der Waals surface area contributed by atoms with Gasteiger partial charge in [-0.3, -0.25) is 9.20 Å². The minimum absolute atomic E-state index is 0. The molecule has 1 atom stereocenters. The molecule has 11 heteroatoms. The molecule has 3 aromatic rings. The molecule has 0 fully saturated rings. The second-order valence-electron chi connectivity index (χ2n) is 8.87. The highest BCUT2D eigenvalue weighted by molar-refractivity contribution is 5.85. The van der Waals surface area contributed by atoms with E-state index < -0.39 is 17.7 Å². The Morgan fingerprint density at radius 2 is 1.84 bits per heavy atom. The lowest BCUT2D eigenvalue weighted by atomic mass is 10.1. The van der Waals surface area contributed by atoms with E-state index in [0.29, 0.717) is 43.3 Å². The number of carbonyl (C=O) groups is 2. The van der Waals surface area contributed by atoms with Crippen LogP contribution in [0.5, 0.6) is 0 Å². The summed E-state index contributed by atoms with van der Waals surface area (Å²) >= 11 is 0. The normalized spacial score (nSPS) is 12.0. The van der Waals surface area contributed by atoms with Gasteiger partial charge in [-0.1, -0.05) is 43.8 Å². The van der Waals surface area contributed by atoms with E-state index in [1.165, 1.54) is 0 Å². The van der Waals surface area contributed by atoms with Gasteiger partial charge in [0.1, 0.15) is 12.6 Å². The van der Waals surface area contributed by atoms with Crippen molar-refractivity contribution < 1.29 is 23.8 Å². The van der Waals surface area contributed by atoms with E-state index in [0.717, 1.165) is 5.56 Å². The Morgan fingerprint density at radius 3 is 2.54 bits per heavy atom. The van der Waals surface area contributed by atoms with Crippen molar-refractivity contribution in [3.05, 3.63) is 65.6 Å². The number of amides is 2. The lowest BCUT2D eigenvalue weighted by Gasteiger charge is -2.24. The third-order valence-electron chi connectivity index (χ3n) is 5.28. The highest BCUT2D eigenvalue weighted by Gasteiger charge is 2.28. The average molecular weight is 515 g/mol. The minimum atomic E-state index is -1.11. The molecule has 0 spiro atoms. The van der Waals surface area contributed by atoms with Crippen LogP contribution in [-0.2, 0) is 32.2 Å². The van der Waals surface area contributed by atoms with E-state index in [-0.39, 0.29) is 26.5 Å². The van der Waals surface area contributed by atoms with Gasteiger partial charge in [0, 0.05) is 20.3 Å². The molecule has 4 N–H and O–H groups in total. The maximum absolute atomic E-state index is 12.8. The first-order valence-corrected chi connectivity index (χ1v) is 11.7. The Kier molecular flexibility index (Phi) is 11.4. The van der Waals surface area contributed by atoms with Crippen LogP contribution >= 0.6 is 0 Å². The molecule has 1 aromatic carbocycles. The Labute approximate surface area is 217 Å². The Balaban J connectivity index is 0.00000481. The zero-order chi connectivity index (χ0) is 26.0. The zero-order valence-electron chi connectivity index (χ0n) is 20.9. The van der Waals surface area contributed by atoms with Gasteiger partial charge in [0.2, 0.25) is 5.91 Å². The lowest BCUT2D eigenvalue weighted by Crippen LogP contribution is -2.51. The highest BCUT2D eigenvalue weighted by Crippen LogP contribution is 2.18. The molecule has 0 bridgehead atoms. The number of methoxy groups -OCH3 is 1. The lowest BCUT2D eigenvalue weighted by molar-refractivity contribution is -0.126. The Hall–Kier alpha value is -3.54. The summed E-state index contributed by atoms with van der Waals surface area (Å²) in [5, 5.41) is 14.2. The Morgan fingerprint density at radius 1 is 1.08 bits per heavy atom. The summed E-state index contributed by atoms with van der Waals surface area (Å²) in [6, 6.07) is 14.4. The first-order chi connectivity index (χ1) is 17.3. The summed E-state index contributed by atoms with van der Waals surface area (Å²) in [7, 11) is 1.60. The highest BCUT2D eigenvalue weighted by atomic mass is 16.5. The molecule has 2 heterocycles. The van der Waals surface area contributed by atoms with Gasteiger partial charge in [-0.2, -0.15) is 0 Å². The first-order valence-electron chi connectivity index (χ1n) is 11.7. The van der Waals surface area contributed by atoms with Crippen molar-refractivity contribution in [2.24, 2.45) is 5.73 Å². The largest absolute Gasteiger partial charge is 0.443 e. The van der Waals surface area contributed by atoms with Crippen LogP contribution in [0.25, 0.3) is 5.65 Å². The number of ether oxygens (including phenoxy) is 3. The fourth-order valence-electron chi connectivity index (χ4n) is 3.36. The van der Waals surface area contributed by atoms with Crippen LogP contribution in [-0.4, -0.2) is 59.0 Å². The van der Waals surface area contributed by atoms with E-state index in [1.54, 1.807) is 43.6 Å². The van der Waals surface area contributed by atoms with Gasteiger partial charge in [0.05, 0.1) is 24.4 Å². The van der Waals surface area contributed by atoms with Crippen molar-refractivity contribution in [2.75, 3.05) is 26.9 Å². The number of rotatable bonds is 13. The molecule has 0 saturated heterocycles. The van der Waals surface area contributed by atoms with Crippen molar-refractivity contribution in [3.63, 3.8) is 0 Å². The molecule has 0 saturated carbocycles. The van der Waals surface area contributed by atoms with E-state index in [4.69, 9.17) is 19.9 Å². The van der Waals surface area contributed by atoms with Gasteiger partial charge >= 0.3 is 6.09 Å². The molecule has 2 aromatic heterocycles. The summed E-state index contributed by atoms with van der Waals surface area (Å²) < 4.78 is 18.0. The number of hydrogen-bond acceptors (Lipinski definition) is 8. The second-order valence-corrected chi connectivity index (χ2v) is 8.87. The molecule has 202 valence electrons. The number of fused-ring (bicyclic) bond motifs is 1. The SMILES string of the molecule is C.COCCCNC(=O)OCc1cccc2nnc([C@@H](COCc3ccccc3)NC(=O)C(C)(C)N)n12. The Bertz CT molecular complexity index is 1130. The van der Waals surface area contributed by atoms with E-state index in [1.807, 2.05) is 30.3 Å². The number of pyridine rings is 1. The van der Waals surface area contributed by atoms with E-state index in [9.17, 15) is 9.59 Å². The number of nitrogens with one attached hydrogen (secondary N) is 2. The van der Waals surface area contributed by atoms with Crippen LogP contribution in [0.3, 0.4) is 0 Å². The second kappa shape index (κ2) is 14.3. The van der Waals surface area contributed by atoms with Gasteiger partial charge in [0.25, 0.3) is 0 Å². The first kappa shape index (κ1) is 29.7. The van der Waals surface area contributed by atoms with Gasteiger partial charge in [-0.05, 0) is 38.0 Å². The summed E-state index contributed by atoms with van der Waals surface area (Å²) in [6.07, 6.45) is 0.136. The maximum atomic E-state index is 12.8. The monoisotopic (exact) mass is 514 g/mol. The summed E-state index contributed by atoms with van der Waals surface area (Å²) in [5.74, 6) is 0.0760. The molecule has 0 unspecified atom stereocenters. The number of nitrogens with two attached hydrogens (primary N) is 1. The minimum Gasteiger partial charge on any atom is -0.443 e. The summed E-state index contributed by atoms with van der Waals surface area (Å²) in [4.78, 5) is 24.8. The number of carbonyl (C=O) groups excluding carboxylic acids is 2. The quantitative estimate of drug-likeness (QED) is 0.296. The van der Waals surface area contributed by atoms with Gasteiger partial charge in [-0.15, -0.1) is 10.2 Å². The summed E-state index contributed by atoms with van der Waals surface area (Å²) in [5.41, 5.74) is 7.08. The maximum Gasteiger partial charge on any atom is 0.407 e. The fraction of sp³-hybridized carbons (Fsp3) is 0.462. The van der Waals surface area contributed by atoms with Gasteiger partial charge in [-0.25, -0.2) is 4.79 Å². The molecule has 0 radical (unpaired) electrons. The number of alkyl carbamates (subject to hydrolysis) is 1. The smallest absolute Gasteiger partial charge is 0.407 e. The average Bonchev–Trinajstić information content (AvgIpc) is 3.29. The molecule has 37 heavy (non-hydrogen) atoms. The van der Waals surface area contributed by atoms with Crippen molar-refractivity contribution in [2.45, 2.75) is 52.5 Å². The van der Waals surface area contributed by atoms with Gasteiger partial charge < -0.3 is 30.6 Å². The van der Waals surface area contributed by atoms with Crippen LogP contribution in [0.2, 0.25) is 0 Å². The topological polar surface area (TPSA) is 142 Å². The van der Waals surface area contributed by atoms with Crippen molar-refractivity contribution in [1.29, 1.82) is 0 Å². The summed E-state index contributed by atoms with van der Waals surface area (Å²) in [6.45, 7) is 4.70. The molecule has 11 nitrogen and oxygen atoms in total. The predicted molar refractivity (Wildman–Crippen MR) is 140 cm³/mol. The molecule has 0 aliphatic carbocycles. The van der Waals surface area contributed by atoms with Crippen LogP contribution in [0.4, 0.5) is 4.79 Å². The van der Waals surface area contributed by atoms with Crippen molar-refractivity contribution >= 4 is 17.6 Å². The van der Waals surface area contributed by atoms with Crippen molar-refractivity contribution in [1.82, 2.24) is 25.2 Å². The van der Waals surface area contributed by atoms with Gasteiger partial charge in [0.15, 0.2) is 11.5 Å². The number of benzene rings is 1. The fourth-order valence-corrected chi connectivity index (χ4v) is 3.36. The molecular formula is C26H38N6O5.